The minimum absolute atomic E-state index is 0.366. The molecule has 1 heterocycles. The molecule has 1 aromatic carbocycles. The first-order valence-corrected chi connectivity index (χ1v) is 7.48. The van der Waals surface area contributed by atoms with E-state index in [-0.39, 0.29) is 0 Å². The number of nitrogens with one attached hydrogen (secondary N) is 1. The van der Waals surface area contributed by atoms with Crippen LogP contribution >= 0.6 is 22.9 Å². The van der Waals surface area contributed by atoms with E-state index in [0.29, 0.717) is 6.04 Å². The normalized spacial score (nSPS) is 12.6. The van der Waals surface area contributed by atoms with E-state index in [4.69, 9.17) is 11.6 Å². The Balaban J connectivity index is 2.04. The summed E-state index contributed by atoms with van der Waals surface area (Å²) in [6.07, 6.45) is 1.06. The average Bonchev–Trinajstić information content (AvgIpc) is 2.76. The topological polar surface area (TPSA) is 12.0 Å². The van der Waals surface area contributed by atoms with Gasteiger partial charge in [0.2, 0.25) is 0 Å². The van der Waals surface area contributed by atoms with Crippen molar-refractivity contribution in [3.05, 3.63) is 56.7 Å². The molecule has 0 fully saturated rings. The van der Waals surface area contributed by atoms with Gasteiger partial charge in [0.1, 0.15) is 0 Å². The van der Waals surface area contributed by atoms with E-state index in [2.05, 4.69) is 36.7 Å². The minimum Gasteiger partial charge on any atom is -0.305 e. The maximum absolute atomic E-state index is 6.05. The molecule has 1 aromatic heterocycles. The van der Waals surface area contributed by atoms with Crippen molar-refractivity contribution in [2.75, 3.05) is 0 Å². The lowest BCUT2D eigenvalue weighted by Crippen LogP contribution is -2.20. The van der Waals surface area contributed by atoms with Crippen molar-refractivity contribution >= 4 is 22.9 Å². The molecule has 96 valence electrons. The van der Waals surface area contributed by atoms with Crippen molar-refractivity contribution in [2.45, 2.75) is 32.9 Å². The molecule has 3 heteroatoms. The van der Waals surface area contributed by atoms with Gasteiger partial charge in [0.15, 0.2) is 0 Å². The molecule has 1 N–H and O–H groups in total. The van der Waals surface area contributed by atoms with E-state index in [1.807, 2.05) is 29.5 Å². The molecular formula is C15H18ClNS. The number of thiophene rings is 1. The average molecular weight is 280 g/mol. The van der Waals surface area contributed by atoms with Crippen LogP contribution in [-0.4, -0.2) is 0 Å². The summed E-state index contributed by atoms with van der Waals surface area (Å²) in [5.41, 5.74) is 2.63. The number of rotatable bonds is 5. The summed E-state index contributed by atoms with van der Waals surface area (Å²) >= 11 is 7.86. The Hall–Kier alpha value is -0.830. The largest absolute Gasteiger partial charge is 0.305 e. The first-order chi connectivity index (χ1) is 8.70. The van der Waals surface area contributed by atoms with Gasteiger partial charge in [-0.15, -0.1) is 11.3 Å². The van der Waals surface area contributed by atoms with Crippen molar-refractivity contribution in [1.82, 2.24) is 5.32 Å². The zero-order valence-electron chi connectivity index (χ0n) is 10.7. The SMILES string of the molecule is CCC(NCc1sccc1C)c1cccc(Cl)c1. The van der Waals surface area contributed by atoms with Crippen LogP contribution in [0.5, 0.6) is 0 Å². The molecule has 0 bridgehead atoms. The molecule has 1 unspecified atom stereocenters. The number of hydrogen-bond donors (Lipinski definition) is 1. The molecule has 0 amide bonds. The van der Waals surface area contributed by atoms with Crippen LogP contribution < -0.4 is 5.32 Å². The van der Waals surface area contributed by atoms with Crippen LogP contribution in [0, 0.1) is 6.92 Å². The second-order valence-electron chi connectivity index (χ2n) is 4.42. The van der Waals surface area contributed by atoms with Crippen molar-refractivity contribution < 1.29 is 0 Å². The number of aryl methyl sites for hydroxylation is 1. The molecule has 2 aromatic rings. The van der Waals surface area contributed by atoms with Gasteiger partial charge in [-0.25, -0.2) is 0 Å². The Kier molecular flexibility index (Phi) is 4.81. The fourth-order valence-corrected chi connectivity index (χ4v) is 3.08. The Bertz CT molecular complexity index is 507. The van der Waals surface area contributed by atoms with E-state index in [1.165, 1.54) is 16.0 Å². The molecule has 0 radical (unpaired) electrons. The van der Waals surface area contributed by atoms with E-state index in [1.54, 1.807) is 0 Å². The molecule has 1 atom stereocenters. The van der Waals surface area contributed by atoms with E-state index in [9.17, 15) is 0 Å². The molecular weight excluding hydrogens is 262 g/mol. The fraction of sp³-hybridized carbons (Fsp3) is 0.333. The van der Waals surface area contributed by atoms with Crippen LogP contribution in [0.15, 0.2) is 35.7 Å². The highest BCUT2D eigenvalue weighted by atomic mass is 35.5. The quantitative estimate of drug-likeness (QED) is 0.816. The lowest BCUT2D eigenvalue weighted by molar-refractivity contribution is 0.521. The van der Waals surface area contributed by atoms with Crippen LogP contribution in [0.2, 0.25) is 5.02 Å². The van der Waals surface area contributed by atoms with E-state index < -0.39 is 0 Å². The summed E-state index contributed by atoms with van der Waals surface area (Å²) in [5, 5.41) is 6.56. The molecule has 18 heavy (non-hydrogen) atoms. The molecule has 1 nitrogen and oxygen atoms in total. The fourth-order valence-electron chi connectivity index (χ4n) is 2.02. The van der Waals surface area contributed by atoms with Gasteiger partial charge in [-0.05, 0) is 48.1 Å². The van der Waals surface area contributed by atoms with Crippen LogP contribution in [0.3, 0.4) is 0 Å². The van der Waals surface area contributed by atoms with Gasteiger partial charge >= 0.3 is 0 Å². The third kappa shape index (κ3) is 3.35. The number of halogens is 1. The first kappa shape index (κ1) is 13.6. The van der Waals surface area contributed by atoms with Crippen LogP contribution in [0.4, 0.5) is 0 Å². The zero-order chi connectivity index (χ0) is 13.0. The Morgan fingerprint density at radius 1 is 1.33 bits per heavy atom. The smallest absolute Gasteiger partial charge is 0.0409 e. The van der Waals surface area contributed by atoms with Gasteiger partial charge in [0, 0.05) is 22.5 Å². The lowest BCUT2D eigenvalue weighted by Gasteiger charge is -2.17. The third-order valence-electron chi connectivity index (χ3n) is 3.14. The van der Waals surface area contributed by atoms with Crippen molar-refractivity contribution in [3.8, 4) is 0 Å². The summed E-state index contributed by atoms with van der Waals surface area (Å²) in [6, 6.07) is 10.6. The summed E-state index contributed by atoms with van der Waals surface area (Å²) in [7, 11) is 0. The van der Waals surface area contributed by atoms with Gasteiger partial charge in [-0.3, -0.25) is 0 Å². The van der Waals surface area contributed by atoms with Crippen LogP contribution in [0.25, 0.3) is 0 Å². The second-order valence-corrected chi connectivity index (χ2v) is 5.86. The molecule has 2 rings (SSSR count). The van der Waals surface area contributed by atoms with Crippen LogP contribution in [-0.2, 0) is 6.54 Å². The highest BCUT2D eigenvalue weighted by molar-refractivity contribution is 7.10. The van der Waals surface area contributed by atoms with Gasteiger partial charge in [-0.1, -0.05) is 30.7 Å². The summed E-state index contributed by atoms with van der Waals surface area (Å²) in [6.45, 7) is 5.28. The predicted octanol–water partition coefficient (Wildman–Crippen LogP) is 4.95. The minimum atomic E-state index is 0.366. The zero-order valence-corrected chi connectivity index (χ0v) is 12.3. The van der Waals surface area contributed by atoms with Crippen molar-refractivity contribution in [2.24, 2.45) is 0 Å². The van der Waals surface area contributed by atoms with E-state index >= 15 is 0 Å². The van der Waals surface area contributed by atoms with Gasteiger partial charge in [0.25, 0.3) is 0 Å². The highest BCUT2D eigenvalue weighted by Gasteiger charge is 2.10. The first-order valence-electron chi connectivity index (χ1n) is 6.22. The third-order valence-corrected chi connectivity index (χ3v) is 4.39. The Morgan fingerprint density at radius 2 is 2.17 bits per heavy atom. The number of benzene rings is 1. The summed E-state index contributed by atoms with van der Waals surface area (Å²) in [5.74, 6) is 0. The monoisotopic (exact) mass is 279 g/mol. The molecule has 0 aliphatic heterocycles. The highest BCUT2D eigenvalue weighted by Crippen LogP contribution is 2.22. The Labute approximate surface area is 118 Å². The summed E-state index contributed by atoms with van der Waals surface area (Å²) < 4.78 is 0. The molecule has 0 saturated carbocycles. The molecule has 0 aliphatic carbocycles. The molecule has 0 saturated heterocycles. The standard InChI is InChI=1S/C15H18ClNS/c1-3-14(12-5-4-6-13(16)9-12)17-10-15-11(2)7-8-18-15/h4-9,14,17H,3,10H2,1-2H3. The lowest BCUT2D eigenvalue weighted by atomic mass is 10.0. The van der Waals surface area contributed by atoms with Crippen LogP contribution in [0.1, 0.15) is 35.4 Å². The van der Waals surface area contributed by atoms with E-state index in [0.717, 1.165) is 18.0 Å². The molecule has 0 aliphatic rings. The van der Waals surface area contributed by atoms with Gasteiger partial charge < -0.3 is 5.32 Å². The van der Waals surface area contributed by atoms with Gasteiger partial charge in [-0.2, -0.15) is 0 Å². The molecule has 0 spiro atoms. The van der Waals surface area contributed by atoms with Gasteiger partial charge in [0.05, 0.1) is 0 Å². The van der Waals surface area contributed by atoms with Crippen molar-refractivity contribution in [1.29, 1.82) is 0 Å². The maximum atomic E-state index is 6.05. The van der Waals surface area contributed by atoms with Crippen molar-refractivity contribution in [3.63, 3.8) is 0 Å². The Morgan fingerprint density at radius 3 is 2.78 bits per heavy atom. The summed E-state index contributed by atoms with van der Waals surface area (Å²) in [4.78, 5) is 1.41. The predicted molar refractivity (Wildman–Crippen MR) is 80.4 cm³/mol. The maximum Gasteiger partial charge on any atom is 0.0409 e. The number of hydrogen-bond acceptors (Lipinski definition) is 2. The second kappa shape index (κ2) is 6.37.